The Labute approximate surface area is 111 Å². The molecule has 4 unspecified atom stereocenters. The molecule has 2 heterocycles. The molecule has 3 N–H and O–H groups in total. The van der Waals surface area contributed by atoms with Gasteiger partial charge in [-0.25, -0.2) is 0 Å². The van der Waals surface area contributed by atoms with Crippen LogP contribution in [0.4, 0.5) is 0 Å². The van der Waals surface area contributed by atoms with E-state index in [0.29, 0.717) is 12.0 Å². The van der Waals surface area contributed by atoms with Gasteiger partial charge in [0.2, 0.25) is 0 Å². The lowest BCUT2D eigenvalue weighted by atomic mass is 9.95. The summed E-state index contributed by atoms with van der Waals surface area (Å²) in [5, 5.41) is 9.69. The van der Waals surface area contributed by atoms with Gasteiger partial charge in [0.1, 0.15) is 0 Å². The van der Waals surface area contributed by atoms with Crippen molar-refractivity contribution in [2.45, 2.75) is 57.3 Å². The van der Waals surface area contributed by atoms with Crippen LogP contribution in [0.25, 0.3) is 0 Å². The van der Waals surface area contributed by atoms with Crippen LogP contribution in [0.5, 0.6) is 0 Å². The van der Waals surface area contributed by atoms with Gasteiger partial charge < -0.3 is 10.8 Å². The zero-order valence-corrected chi connectivity index (χ0v) is 12.0. The molecule has 0 aromatic carbocycles. The van der Waals surface area contributed by atoms with Crippen LogP contribution in [0, 0.1) is 5.92 Å². The van der Waals surface area contributed by atoms with Gasteiger partial charge in [-0.3, -0.25) is 9.80 Å². The predicted octanol–water partition coefficient (Wildman–Crippen LogP) is 0.499. The molecule has 0 aromatic heterocycles. The second-order valence-corrected chi connectivity index (χ2v) is 6.41. The molecule has 4 atom stereocenters. The second kappa shape index (κ2) is 5.87. The average molecular weight is 255 g/mol. The first-order valence-corrected chi connectivity index (χ1v) is 7.37. The fraction of sp³-hybridized carbons (Fsp3) is 1.00. The maximum Gasteiger partial charge on any atom is 0.0602 e. The normalized spacial score (nSPS) is 33.7. The van der Waals surface area contributed by atoms with Crippen LogP contribution in [0.15, 0.2) is 0 Å². The van der Waals surface area contributed by atoms with E-state index in [1.54, 1.807) is 0 Å². The van der Waals surface area contributed by atoms with E-state index in [4.69, 9.17) is 5.73 Å². The largest absolute Gasteiger partial charge is 0.395 e. The van der Waals surface area contributed by atoms with E-state index in [9.17, 15) is 5.11 Å². The Morgan fingerprint density at radius 3 is 2.50 bits per heavy atom. The molecule has 2 aliphatic heterocycles. The summed E-state index contributed by atoms with van der Waals surface area (Å²) in [5.74, 6) is 0.417. The van der Waals surface area contributed by atoms with Crippen molar-refractivity contribution in [3.63, 3.8) is 0 Å². The van der Waals surface area contributed by atoms with Gasteiger partial charge in [-0.05, 0) is 32.2 Å². The van der Waals surface area contributed by atoms with E-state index in [2.05, 4.69) is 30.7 Å². The van der Waals surface area contributed by atoms with Gasteiger partial charge in [-0.2, -0.15) is 0 Å². The van der Waals surface area contributed by atoms with Crippen molar-refractivity contribution >= 4 is 0 Å². The summed E-state index contributed by atoms with van der Waals surface area (Å²) in [6.07, 6.45) is 3.86. The van der Waals surface area contributed by atoms with Crippen LogP contribution in [-0.4, -0.2) is 65.8 Å². The van der Waals surface area contributed by atoms with Gasteiger partial charge in [-0.1, -0.05) is 13.8 Å². The number of aliphatic hydroxyl groups excluding tert-OH is 1. The Bertz CT molecular complexity index is 272. The highest BCUT2D eigenvalue weighted by Crippen LogP contribution is 2.29. The lowest BCUT2D eigenvalue weighted by Crippen LogP contribution is -2.54. The predicted molar refractivity (Wildman–Crippen MR) is 74.5 cm³/mol. The SMILES string of the molecule is CC(C)C(N)C(CO)N1CCC2CCC(C1)N2C. The second-order valence-electron chi connectivity index (χ2n) is 6.41. The van der Waals surface area contributed by atoms with Crippen molar-refractivity contribution in [3.05, 3.63) is 0 Å². The number of rotatable bonds is 4. The van der Waals surface area contributed by atoms with Gasteiger partial charge in [0, 0.05) is 37.3 Å². The minimum atomic E-state index is 0.0666. The third-order valence-corrected chi connectivity index (χ3v) is 5.05. The number of hydrogen-bond acceptors (Lipinski definition) is 4. The standard InChI is InChI=1S/C14H29N3O/c1-10(2)14(15)13(9-18)17-7-6-11-4-5-12(8-17)16(11)3/h10-14,18H,4-9,15H2,1-3H3. The lowest BCUT2D eigenvalue weighted by molar-refractivity contribution is 0.0834. The molecular formula is C14H29N3O. The molecule has 0 spiro atoms. The number of hydrogen-bond donors (Lipinski definition) is 2. The molecule has 0 saturated carbocycles. The summed E-state index contributed by atoms with van der Waals surface area (Å²) in [6, 6.07) is 1.59. The van der Waals surface area contributed by atoms with E-state index < -0.39 is 0 Å². The summed E-state index contributed by atoms with van der Waals surface area (Å²) in [7, 11) is 2.25. The molecule has 2 bridgehead atoms. The maximum atomic E-state index is 9.69. The third-order valence-electron chi connectivity index (χ3n) is 5.05. The summed E-state index contributed by atoms with van der Waals surface area (Å²) < 4.78 is 0. The van der Waals surface area contributed by atoms with Crippen molar-refractivity contribution in [3.8, 4) is 0 Å². The molecule has 0 amide bonds. The molecule has 0 aromatic rings. The third kappa shape index (κ3) is 2.72. The molecule has 4 nitrogen and oxygen atoms in total. The van der Waals surface area contributed by atoms with E-state index in [1.165, 1.54) is 19.3 Å². The first kappa shape index (κ1) is 14.3. The van der Waals surface area contributed by atoms with Crippen LogP contribution in [-0.2, 0) is 0 Å². The number of nitrogens with zero attached hydrogens (tertiary/aromatic N) is 2. The monoisotopic (exact) mass is 255 g/mol. The minimum Gasteiger partial charge on any atom is -0.395 e. The van der Waals surface area contributed by atoms with E-state index in [-0.39, 0.29) is 18.7 Å². The van der Waals surface area contributed by atoms with Crippen LogP contribution >= 0.6 is 0 Å². The van der Waals surface area contributed by atoms with Crippen molar-refractivity contribution in [1.82, 2.24) is 9.80 Å². The zero-order chi connectivity index (χ0) is 13.3. The Hall–Kier alpha value is -0.160. The molecule has 2 fully saturated rings. The molecule has 18 heavy (non-hydrogen) atoms. The van der Waals surface area contributed by atoms with E-state index in [1.807, 2.05) is 0 Å². The smallest absolute Gasteiger partial charge is 0.0602 e. The molecule has 0 radical (unpaired) electrons. The molecule has 4 heteroatoms. The Kier molecular flexibility index (Phi) is 4.64. The number of fused-ring (bicyclic) bond motifs is 2. The van der Waals surface area contributed by atoms with E-state index >= 15 is 0 Å². The highest BCUT2D eigenvalue weighted by atomic mass is 16.3. The van der Waals surface area contributed by atoms with Crippen LogP contribution < -0.4 is 5.73 Å². The Morgan fingerprint density at radius 1 is 1.22 bits per heavy atom. The highest BCUT2D eigenvalue weighted by Gasteiger charge is 2.37. The van der Waals surface area contributed by atoms with Gasteiger partial charge in [-0.15, -0.1) is 0 Å². The van der Waals surface area contributed by atoms with Crippen LogP contribution in [0.1, 0.15) is 33.1 Å². The lowest BCUT2D eigenvalue weighted by Gasteiger charge is -2.37. The van der Waals surface area contributed by atoms with Gasteiger partial charge in [0.05, 0.1) is 6.61 Å². The first-order chi connectivity index (χ1) is 8.54. The number of nitrogens with two attached hydrogens (primary N) is 1. The fourth-order valence-corrected chi connectivity index (χ4v) is 3.56. The van der Waals surface area contributed by atoms with Gasteiger partial charge in [0.25, 0.3) is 0 Å². The molecule has 0 aliphatic carbocycles. The fourth-order valence-electron chi connectivity index (χ4n) is 3.56. The summed E-state index contributed by atoms with van der Waals surface area (Å²) in [5.41, 5.74) is 6.27. The number of likely N-dealkylation sites (tertiary alicyclic amines) is 1. The molecule has 2 rings (SSSR count). The van der Waals surface area contributed by atoms with Crippen molar-refractivity contribution < 1.29 is 5.11 Å². The van der Waals surface area contributed by atoms with Crippen molar-refractivity contribution in [2.24, 2.45) is 11.7 Å². The van der Waals surface area contributed by atoms with Gasteiger partial charge >= 0.3 is 0 Å². The summed E-state index contributed by atoms with van der Waals surface area (Å²) in [4.78, 5) is 4.97. The van der Waals surface area contributed by atoms with Crippen LogP contribution in [0.2, 0.25) is 0 Å². The van der Waals surface area contributed by atoms with Crippen molar-refractivity contribution in [2.75, 3.05) is 26.7 Å². The van der Waals surface area contributed by atoms with Crippen LogP contribution in [0.3, 0.4) is 0 Å². The van der Waals surface area contributed by atoms with Gasteiger partial charge in [0.15, 0.2) is 0 Å². The first-order valence-electron chi connectivity index (χ1n) is 7.37. The average Bonchev–Trinajstić information content (AvgIpc) is 2.56. The molecular weight excluding hydrogens is 226 g/mol. The summed E-state index contributed by atoms with van der Waals surface area (Å²) >= 11 is 0. The minimum absolute atomic E-state index is 0.0666. The molecule has 106 valence electrons. The zero-order valence-electron chi connectivity index (χ0n) is 12.0. The summed E-state index contributed by atoms with van der Waals surface area (Å²) in [6.45, 7) is 6.61. The molecule has 2 saturated heterocycles. The maximum absolute atomic E-state index is 9.69. The Balaban J connectivity index is 2.04. The highest BCUT2D eigenvalue weighted by molar-refractivity contribution is 4.94. The quantitative estimate of drug-likeness (QED) is 0.768. The number of aliphatic hydroxyl groups is 1. The van der Waals surface area contributed by atoms with Crippen molar-refractivity contribution in [1.29, 1.82) is 0 Å². The number of likely N-dealkylation sites (N-methyl/N-ethyl adjacent to an activating group) is 1. The molecule has 2 aliphatic rings. The Morgan fingerprint density at radius 2 is 1.89 bits per heavy atom. The topological polar surface area (TPSA) is 52.7 Å². The van der Waals surface area contributed by atoms with E-state index in [0.717, 1.165) is 19.1 Å².